The van der Waals surface area contributed by atoms with Crippen LogP contribution in [0.1, 0.15) is 53.8 Å². The van der Waals surface area contributed by atoms with Gasteiger partial charge in [0.2, 0.25) is 10.0 Å². The molecule has 2 atom stereocenters. The van der Waals surface area contributed by atoms with Gasteiger partial charge in [0.25, 0.3) is 10.0 Å². The van der Waals surface area contributed by atoms with Crippen molar-refractivity contribution in [1.82, 2.24) is 28.3 Å². The van der Waals surface area contributed by atoms with Crippen molar-refractivity contribution in [2.75, 3.05) is 0 Å². The van der Waals surface area contributed by atoms with Crippen molar-refractivity contribution in [1.29, 1.82) is 0 Å². The van der Waals surface area contributed by atoms with Gasteiger partial charge in [-0.25, -0.2) is 30.5 Å². The van der Waals surface area contributed by atoms with E-state index in [1.54, 1.807) is 34.7 Å². The predicted molar refractivity (Wildman–Crippen MR) is 147 cm³/mol. The average Bonchev–Trinajstić information content (AvgIpc) is 3.66. The fourth-order valence-corrected chi connectivity index (χ4v) is 7.79. The van der Waals surface area contributed by atoms with Gasteiger partial charge in [0, 0.05) is 23.7 Å². The molecule has 1 fully saturated rings. The minimum absolute atomic E-state index is 0.0952. The SMILES string of the molecule is CC(=O)c1ccc(S(=O)(=O)N[C@H]2CC[C@@H](c3nnc4cnc5c(ccn5S(=O)(=O)c5ccc(C)cc5)n34)C2)cc1. The molecule has 13 heteroatoms. The number of rotatable bonds is 7. The van der Waals surface area contributed by atoms with Crippen LogP contribution in [0.5, 0.6) is 0 Å². The van der Waals surface area contributed by atoms with Gasteiger partial charge >= 0.3 is 0 Å². The van der Waals surface area contributed by atoms with E-state index in [1.807, 2.05) is 6.92 Å². The lowest BCUT2D eigenvalue weighted by Crippen LogP contribution is -2.33. The van der Waals surface area contributed by atoms with E-state index in [-0.39, 0.29) is 33.2 Å². The van der Waals surface area contributed by atoms with Crippen molar-refractivity contribution >= 4 is 42.6 Å². The highest BCUT2D eigenvalue weighted by Gasteiger charge is 2.33. The summed E-state index contributed by atoms with van der Waals surface area (Å²) in [4.78, 5) is 16.2. The molecule has 2 aromatic carbocycles. The first-order valence-electron chi connectivity index (χ1n) is 12.7. The van der Waals surface area contributed by atoms with Crippen LogP contribution in [-0.4, -0.2) is 52.2 Å². The van der Waals surface area contributed by atoms with Gasteiger partial charge in [0.1, 0.15) is 5.82 Å². The number of fused-ring (bicyclic) bond motifs is 3. The molecule has 6 rings (SSSR count). The third-order valence-electron chi connectivity index (χ3n) is 7.33. The number of hydrogen-bond acceptors (Lipinski definition) is 8. The van der Waals surface area contributed by atoms with Crippen LogP contribution in [0, 0.1) is 6.92 Å². The number of carbonyl (C=O) groups excluding carboxylic acids is 1. The Balaban J connectivity index is 1.29. The van der Waals surface area contributed by atoms with Crippen molar-refractivity contribution in [3.05, 3.63) is 83.9 Å². The summed E-state index contributed by atoms with van der Waals surface area (Å²) in [5, 5.41) is 8.64. The smallest absolute Gasteiger partial charge is 0.269 e. The lowest BCUT2D eigenvalue weighted by atomic mass is 10.1. The average molecular weight is 579 g/mol. The normalized spacial score (nSPS) is 18.1. The molecule has 3 aromatic heterocycles. The highest BCUT2D eigenvalue weighted by Crippen LogP contribution is 2.35. The van der Waals surface area contributed by atoms with E-state index in [0.717, 1.165) is 9.54 Å². The summed E-state index contributed by atoms with van der Waals surface area (Å²) in [7, 11) is -7.66. The minimum Gasteiger partial charge on any atom is -0.295 e. The molecule has 0 aliphatic heterocycles. The van der Waals surface area contributed by atoms with Crippen LogP contribution in [0.25, 0.3) is 16.8 Å². The number of nitrogens with one attached hydrogen (secondary N) is 1. The van der Waals surface area contributed by atoms with E-state index in [1.165, 1.54) is 43.6 Å². The number of ketones is 1. The highest BCUT2D eigenvalue weighted by atomic mass is 32.2. The van der Waals surface area contributed by atoms with Gasteiger partial charge in [-0.05, 0) is 63.4 Å². The number of hydrogen-bond donors (Lipinski definition) is 1. The van der Waals surface area contributed by atoms with Crippen LogP contribution in [0.3, 0.4) is 0 Å². The maximum Gasteiger partial charge on any atom is 0.269 e. The molecule has 0 unspecified atom stereocenters. The molecule has 1 aliphatic rings. The molecule has 0 spiro atoms. The molecule has 206 valence electrons. The van der Waals surface area contributed by atoms with Gasteiger partial charge < -0.3 is 0 Å². The number of sulfonamides is 1. The van der Waals surface area contributed by atoms with E-state index in [9.17, 15) is 21.6 Å². The number of benzene rings is 2. The fourth-order valence-electron chi connectivity index (χ4n) is 5.21. The number of aromatic nitrogens is 5. The molecule has 11 nitrogen and oxygen atoms in total. The largest absolute Gasteiger partial charge is 0.295 e. The molecule has 3 heterocycles. The zero-order valence-corrected chi connectivity index (χ0v) is 23.4. The third kappa shape index (κ3) is 4.49. The molecule has 40 heavy (non-hydrogen) atoms. The van der Waals surface area contributed by atoms with Gasteiger partial charge in [-0.3, -0.25) is 9.20 Å². The summed E-state index contributed by atoms with van der Waals surface area (Å²) in [5.41, 5.74) is 2.66. The first kappa shape index (κ1) is 26.3. The maximum absolute atomic E-state index is 13.4. The quantitative estimate of drug-likeness (QED) is 0.289. The summed E-state index contributed by atoms with van der Waals surface area (Å²) in [5.74, 6) is 0.384. The summed E-state index contributed by atoms with van der Waals surface area (Å²) < 4.78 is 58.5. The van der Waals surface area contributed by atoms with Gasteiger partial charge in [-0.2, -0.15) is 0 Å². The Hall–Kier alpha value is -3.94. The Morgan fingerprint density at radius 2 is 1.62 bits per heavy atom. The Bertz CT molecular complexity index is 1980. The molecule has 1 saturated carbocycles. The maximum atomic E-state index is 13.4. The molecule has 1 N–H and O–H groups in total. The van der Waals surface area contributed by atoms with Crippen LogP contribution in [0.4, 0.5) is 0 Å². The number of carbonyl (C=O) groups is 1. The lowest BCUT2D eigenvalue weighted by molar-refractivity contribution is 0.101. The van der Waals surface area contributed by atoms with E-state index in [4.69, 9.17) is 0 Å². The van der Waals surface area contributed by atoms with Gasteiger partial charge in [0.05, 0.1) is 21.5 Å². The van der Waals surface area contributed by atoms with E-state index >= 15 is 0 Å². The van der Waals surface area contributed by atoms with Gasteiger partial charge in [-0.15, -0.1) is 10.2 Å². The van der Waals surface area contributed by atoms with Crippen LogP contribution in [0.15, 0.2) is 76.8 Å². The Morgan fingerprint density at radius 1 is 0.925 bits per heavy atom. The number of Topliss-reactive ketones (excluding diaryl/α,β-unsaturated/α-hetero) is 1. The molecular weight excluding hydrogens is 552 g/mol. The summed E-state index contributed by atoms with van der Waals surface area (Å²) in [6.07, 6.45) is 4.72. The van der Waals surface area contributed by atoms with Crippen LogP contribution >= 0.6 is 0 Å². The second-order valence-corrected chi connectivity index (χ2v) is 13.6. The van der Waals surface area contributed by atoms with E-state index in [0.29, 0.717) is 41.8 Å². The first-order valence-corrected chi connectivity index (χ1v) is 15.6. The van der Waals surface area contributed by atoms with E-state index in [2.05, 4.69) is 19.9 Å². The molecule has 0 amide bonds. The summed E-state index contributed by atoms with van der Waals surface area (Å²) in [6, 6.07) is 13.8. The molecule has 0 radical (unpaired) electrons. The molecular formula is C27H26N6O5S2. The Kier molecular flexibility index (Phi) is 6.32. The standard InChI is InChI=1S/C27H26N6O5S2/c1-17-3-9-23(10-4-17)40(37,38)32-14-13-24-27(32)28-16-25-29-30-26(33(24)25)20-5-8-21(15-20)31-39(35,36)22-11-6-19(7-12-22)18(2)34/h3-4,6-7,9-14,16,20-21,31H,5,8,15H2,1-2H3/t20-,21+/m1/s1. The summed E-state index contributed by atoms with van der Waals surface area (Å²) in [6.45, 7) is 3.31. The second-order valence-electron chi connectivity index (χ2n) is 10.1. The highest BCUT2D eigenvalue weighted by molar-refractivity contribution is 7.90. The fraction of sp³-hybridized carbons (Fsp3) is 0.259. The van der Waals surface area contributed by atoms with Gasteiger partial charge in [0.15, 0.2) is 17.1 Å². The molecule has 0 bridgehead atoms. The van der Waals surface area contributed by atoms with Gasteiger partial charge in [-0.1, -0.05) is 29.8 Å². The molecule has 0 saturated heterocycles. The zero-order chi connectivity index (χ0) is 28.2. The Morgan fingerprint density at radius 3 is 2.33 bits per heavy atom. The Labute approximate surface area is 231 Å². The molecule has 1 aliphatic carbocycles. The van der Waals surface area contributed by atoms with Crippen molar-refractivity contribution in [2.24, 2.45) is 0 Å². The second kappa shape index (κ2) is 9.61. The van der Waals surface area contributed by atoms with Crippen LogP contribution in [0.2, 0.25) is 0 Å². The van der Waals surface area contributed by atoms with Crippen LogP contribution in [-0.2, 0) is 20.0 Å². The van der Waals surface area contributed by atoms with E-state index < -0.39 is 20.0 Å². The minimum atomic E-state index is -3.88. The lowest BCUT2D eigenvalue weighted by Gasteiger charge is -2.14. The third-order valence-corrected chi connectivity index (χ3v) is 10.5. The topological polar surface area (TPSA) is 145 Å². The predicted octanol–water partition coefficient (Wildman–Crippen LogP) is 3.44. The molecule has 5 aromatic rings. The monoisotopic (exact) mass is 578 g/mol. The van der Waals surface area contributed by atoms with Crippen molar-refractivity contribution < 1.29 is 21.6 Å². The van der Waals surface area contributed by atoms with Crippen molar-refractivity contribution in [3.8, 4) is 0 Å². The zero-order valence-electron chi connectivity index (χ0n) is 21.7. The van der Waals surface area contributed by atoms with Crippen molar-refractivity contribution in [3.63, 3.8) is 0 Å². The number of aryl methyl sites for hydroxylation is 1. The first-order chi connectivity index (χ1) is 19.0. The summed E-state index contributed by atoms with van der Waals surface area (Å²) >= 11 is 0. The van der Waals surface area contributed by atoms with Crippen LogP contribution < -0.4 is 4.72 Å². The number of nitrogens with zero attached hydrogens (tertiary/aromatic N) is 5. The van der Waals surface area contributed by atoms with Crippen molar-refractivity contribution in [2.45, 2.75) is 54.9 Å².